The van der Waals surface area contributed by atoms with Crippen molar-refractivity contribution in [2.75, 3.05) is 0 Å². The van der Waals surface area contributed by atoms with Crippen LogP contribution in [0.5, 0.6) is 5.75 Å². The van der Waals surface area contributed by atoms with Gasteiger partial charge in [0.05, 0.1) is 10.5 Å². The minimum absolute atomic E-state index is 0.258. The van der Waals surface area contributed by atoms with Gasteiger partial charge in [-0.3, -0.25) is 4.40 Å². The number of terminal acetylenes is 1. The van der Waals surface area contributed by atoms with Gasteiger partial charge in [-0.2, -0.15) is 0 Å². The Morgan fingerprint density at radius 1 is 1.15 bits per heavy atom. The fraction of sp³-hybridized carbons (Fsp3) is 0.167. The van der Waals surface area contributed by atoms with Crippen LogP contribution in [0.15, 0.2) is 42.6 Å². The lowest BCUT2D eigenvalue weighted by Gasteiger charge is -2.21. The summed E-state index contributed by atoms with van der Waals surface area (Å²) in [4.78, 5) is 3.86. The molecule has 3 rings (SSSR count). The van der Waals surface area contributed by atoms with Crippen LogP contribution in [0.25, 0.3) is 16.6 Å². The van der Waals surface area contributed by atoms with E-state index < -0.39 is 10.4 Å². The lowest BCUT2D eigenvalue weighted by Crippen LogP contribution is -2.19. The fourth-order valence-corrected chi connectivity index (χ4v) is 3.15. The van der Waals surface area contributed by atoms with E-state index in [0.29, 0.717) is 11.2 Å². The monoisotopic (exact) mass is 402 g/mol. The van der Waals surface area contributed by atoms with Crippen molar-refractivity contribution in [1.29, 1.82) is 0 Å². The standard InChI is InChI=1S/C18H19BFN2OP3/c1-3-14-15-9-6-12(10-22(15)16(21-14)17(2,20)24)11-4-7-13(8-5-11)23-18(19,25)26/h1,4-10H,19,24-26H2,2H3. The third-order valence-corrected chi connectivity index (χ3v) is 4.23. The molecule has 0 aliphatic rings. The summed E-state index contributed by atoms with van der Waals surface area (Å²) in [6.07, 6.45) is 7.37. The normalized spacial score (nSPS) is 14.0. The first kappa shape index (κ1) is 19.3. The molecule has 2 heterocycles. The molecule has 0 fully saturated rings. The molecule has 0 saturated carbocycles. The van der Waals surface area contributed by atoms with Gasteiger partial charge in [0.2, 0.25) is 0 Å². The molecule has 0 saturated heterocycles. The number of ether oxygens (including phenoxy) is 1. The number of hydrogen-bond donors (Lipinski definition) is 0. The molecular formula is C18H19BFN2OP3. The van der Waals surface area contributed by atoms with Crippen molar-refractivity contribution >= 4 is 41.1 Å². The molecule has 0 spiro atoms. The van der Waals surface area contributed by atoms with Gasteiger partial charge in [0.25, 0.3) is 0 Å². The van der Waals surface area contributed by atoms with Gasteiger partial charge in [0.15, 0.2) is 19.1 Å². The zero-order valence-corrected chi connectivity index (χ0v) is 18.0. The van der Waals surface area contributed by atoms with Gasteiger partial charge in [-0.1, -0.05) is 45.9 Å². The first-order valence-corrected chi connectivity index (χ1v) is 9.66. The highest BCUT2D eigenvalue weighted by molar-refractivity contribution is 7.43. The number of imidazole rings is 1. The van der Waals surface area contributed by atoms with Gasteiger partial charge in [0.1, 0.15) is 11.4 Å². The predicted octanol–water partition coefficient (Wildman–Crippen LogP) is 3.37. The number of alkyl halides is 1. The van der Waals surface area contributed by atoms with E-state index in [2.05, 4.69) is 38.6 Å². The number of nitrogens with zero attached hydrogens (tertiary/aromatic N) is 2. The summed E-state index contributed by atoms with van der Waals surface area (Å²) >= 11 is 0. The zero-order valence-electron chi connectivity index (χ0n) is 14.5. The molecule has 0 amide bonds. The van der Waals surface area contributed by atoms with E-state index in [1.165, 1.54) is 6.92 Å². The van der Waals surface area contributed by atoms with Crippen LogP contribution in [0, 0.1) is 12.3 Å². The summed E-state index contributed by atoms with van der Waals surface area (Å²) in [7, 11) is 9.33. The van der Waals surface area contributed by atoms with Crippen molar-refractivity contribution < 1.29 is 9.13 Å². The van der Waals surface area contributed by atoms with Crippen molar-refractivity contribution in [2.45, 2.75) is 17.3 Å². The lowest BCUT2D eigenvalue weighted by atomic mass is 10.1. The molecule has 26 heavy (non-hydrogen) atoms. The van der Waals surface area contributed by atoms with E-state index in [1.54, 1.807) is 4.40 Å². The summed E-state index contributed by atoms with van der Waals surface area (Å²) < 4.78 is 22.0. The quantitative estimate of drug-likeness (QED) is 0.380. The molecule has 8 heteroatoms. The average Bonchev–Trinajstić information content (AvgIpc) is 2.92. The Bertz CT molecular complexity index is 999. The van der Waals surface area contributed by atoms with E-state index in [-0.39, 0.29) is 5.82 Å². The minimum Gasteiger partial charge on any atom is -0.489 e. The number of aromatic nitrogens is 2. The molecule has 4 unspecified atom stereocenters. The number of fused-ring (bicyclic) bond motifs is 1. The van der Waals surface area contributed by atoms with Crippen LogP contribution in [0.2, 0.25) is 0 Å². The second-order valence-electron chi connectivity index (χ2n) is 6.49. The summed E-state index contributed by atoms with van der Waals surface area (Å²) in [6.45, 7) is 1.44. The molecule has 0 aliphatic heterocycles. The third kappa shape index (κ3) is 4.10. The number of benzene rings is 1. The van der Waals surface area contributed by atoms with Gasteiger partial charge in [0, 0.05) is 6.20 Å². The Kier molecular flexibility index (Phi) is 5.16. The maximum absolute atomic E-state index is 14.5. The van der Waals surface area contributed by atoms with Crippen LogP contribution in [0.4, 0.5) is 4.39 Å². The molecule has 0 bridgehead atoms. The van der Waals surface area contributed by atoms with E-state index in [4.69, 9.17) is 11.2 Å². The summed E-state index contributed by atoms with van der Waals surface area (Å²) in [6, 6.07) is 11.6. The van der Waals surface area contributed by atoms with Gasteiger partial charge < -0.3 is 4.74 Å². The van der Waals surface area contributed by atoms with Crippen molar-refractivity contribution in [3.63, 3.8) is 0 Å². The van der Waals surface area contributed by atoms with Gasteiger partial charge in [-0.25, -0.2) is 9.37 Å². The molecule has 4 atom stereocenters. The molecule has 1 aromatic carbocycles. The molecule has 0 aliphatic carbocycles. The average molecular weight is 402 g/mol. The second-order valence-corrected chi connectivity index (χ2v) is 10.5. The van der Waals surface area contributed by atoms with Crippen molar-refractivity contribution in [1.82, 2.24) is 9.38 Å². The van der Waals surface area contributed by atoms with E-state index in [9.17, 15) is 4.39 Å². The van der Waals surface area contributed by atoms with Crippen LogP contribution in [0.3, 0.4) is 0 Å². The number of pyridine rings is 1. The maximum atomic E-state index is 14.5. The van der Waals surface area contributed by atoms with Crippen molar-refractivity contribution in [3.8, 4) is 29.2 Å². The molecule has 0 radical (unpaired) electrons. The Morgan fingerprint density at radius 2 is 1.77 bits per heavy atom. The highest BCUT2D eigenvalue weighted by Crippen LogP contribution is 2.34. The maximum Gasteiger partial charge on any atom is 0.178 e. The van der Waals surface area contributed by atoms with E-state index in [0.717, 1.165) is 16.9 Å². The molecular weight excluding hydrogens is 383 g/mol. The van der Waals surface area contributed by atoms with Gasteiger partial charge in [-0.05, 0) is 42.2 Å². The first-order chi connectivity index (χ1) is 12.1. The number of halogens is 1. The summed E-state index contributed by atoms with van der Waals surface area (Å²) in [5.74, 6) is 3.55. The van der Waals surface area contributed by atoms with Crippen LogP contribution in [-0.2, 0) is 5.41 Å². The van der Waals surface area contributed by atoms with Crippen LogP contribution in [-0.4, -0.2) is 22.2 Å². The molecule has 3 aromatic rings. The highest BCUT2D eigenvalue weighted by Gasteiger charge is 2.26. The summed E-state index contributed by atoms with van der Waals surface area (Å²) in [5, 5.41) is -1.68. The molecule has 2 aromatic heterocycles. The van der Waals surface area contributed by atoms with Crippen molar-refractivity contribution in [2.24, 2.45) is 0 Å². The van der Waals surface area contributed by atoms with E-state index in [1.807, 2.05) is 50.4 Å². The largest absolute Gasteiger partial charge is 0.489 e. The topological polar surface area (TPSA) is 26.5 Å². The molecule has 132 valence electrons. The van der Waals surface area contributed by atoms with E-state index >= 15 is 0 Å². The van der Waals surface area contributed by atoms with Gasteiger partial charge >= 0.3 is 0 Å². The Balaban J connectivity index is 2.05. The smallest absolute Gasteiger partial charge is 0.178 e. The van der Waals surface area contributed by atoms with Crippen LogP contribution < -0.4 is 4.74 Å². The lowest BCUT2D eigenvalue weighted by molar-refractivity contribution is 0.305. The number of hydrogen-bond acceptors (Lipinski definition) is 2. The highest BCUT2D eigenvalue weighted by atomic mass is 31.1. The van der Waals surface area contributed by atoms with Gasteiger partial charge in [-0.15, -0.1) is 6.42 Å². The minimum atomic E-state index is -1.68. The molecule has 0 N–H and O–H groups in total. The zero-order chi connectivity index (χ0) is 19.1. The predicted molar refractivity (Wildman–Crippen MR) is 118 cm³/mol. The molecule has 3 nitrogen and oxygen atoms in total. The Hall–Kier alpha value is -1.45. The van der Waals surface area contributed by atoms with Crippen LogP contribution >= 0.6 is 27.7 Å². The first-order valence-electron chi connectivity index (χ1n) is 7.93. The Labute approximate surface area is 160 Å². The fourth-order valence-electron chi connectivity index (χ4n) is 2.68. The second kappa shape index (κ2) is 6.94. The summed E-state index contributed by atoms with van der Waals surface area (Å²) in [5.41, 5.74) is 3.06. The number of rotatable bonds is 4. The third-order valence-electron chi connectivity index (χ3n) is 3.74. The van der Waals surface area contributed by atoms with Crippen LogP contribution in [0.1, 0.15) is 18.4 Å². The SMILES string of the molecule is BC(P)(P)Oc1ccc(-c2ccc3c(C#C)nc(C(C)(F)P)n3c2)cc1. The Morgan fingerprint density at radius 3 is 2.31 bits per heavy atom. The van der Waals surface area contributed by atoms with Crippen molar-refractivity contribution in [3.05, 3.63) is 54.1 Å².